The van der Waals surface area contributed by atoms with E-state index in [4.69, 9.17) is 0 Å². The number of thiophene rings is 1. The van der Waals surface area contributed by atoms with Crippen LogP contribution in [0.4, 0.5) is 9.52 Å². The molecule has 1 fully saturated rings. The Balaban J connectivity index is 1.45. The largest absolute Gasteiger partial charge is 0.297 e. The fourth-order valence-corrected chi connectivity index (χ4v) is 5.32. The summed E-state index contributed by atoms with van der Waals surface area (Å²) in [5.41, 5.74) is 1.67. The third-order valence-corrected chi connectivity index (χ3v) is 7.21. The lowest BCUT2D eigenvalue weighted by molar-refractivity contribution is 0.103. The van der Waals surface area contributed by atoms with Gasteiger partial charge in [-0.15, -0.1) is 22.7 Å². The normalized spacial score (nSPS) is 16.1. The Morgan fingerprint density at radius 2 is 2.15 bits per heavy atom. The van der Waals surface area contributed by atoms with Gasteiger partial charge in [0.25, 0.3) is 5.91 Å². The molecule has 142 valence electrons. The van der Waals surface area contributed by atoms with Crippen molar-refractivity contribution in [1.29, 1.82) is 0 Å². The summed E-state index contributed by atoms with van der Waals surface area (Å²) in [6.07, 6.45) is 2.46. The molecule has 0 bridgehead atoms. The van der Waals surface area contributed by atoms with Crippen LogP contribution in [0.15, 0.2) is 23.6 Å². The van der Waals surface area contributed by atoms with E-state index in [2.05, 4.69) is 22.1 Å². The fourth-order valence-electron chi connectivity index (χ4n) is 3.51. The first-order valence-electron chi connectivity index (χ1n) is 9.17. The van der Waals surface area contributed by atoms with Crippen LogP contribution in [0.3, 0.4) is 0 Å². The first-order valence-corrected chi connectivity index (χ1v) is 10.9. The molecule has 1 amide bonds. The van der Waals surface area contributed by atoms with E-state index in [1.165, 1.54) is 41.6 Å². The van der Waals surface area contributed by atoms with Gasteiger partial charge in [0.05, 0.1) is 10.6 Å². The molecule has 3 heterocycles. The summed E-state index contributed by atoms with van der Waals surface area (Å²) < 4.78 is 14.8. The second-order valence-corrected chi connectivity index (χ2v) is 9.14. The third-order valence-electron chi connectivity index (χ3n) is 5.14. The van der Waals surface area contributed by atoms with Crippen LogP contribution in [-0.4, -0.2) is 28.9 Å². The molecule has 4 rings (SSSR count). The summed E-state index contributed by atoms with van der Waals surface area (Å²) in [7, 11) is 0. The van der Waals surface area contributed by atoms with Crippen molar-refractivity contribution in [2.45, 2.75) is 33.2 Å². The Labute approximate surface area is 166 Å². The van der Waals surface area contributed by atoms with Gasteiger partial charge < -0.3 is 0 Å². The minimum atomic E-state index is -0.285. The van der Waals surface area contributed by atoms with Gasteiger partial charge in [-0.2, -0.15) is 0 Å². The lowest BCUT2D eigenvalue weighted by atomic mass is 9.99. The zero-order valence-electron chi connectivity index (χ0n) is 15.4. The predicted molar refractivity (Wildman–Crippen MR) is 110 cm³/mol. The lowest BCUT2D eigenvalue weighted by Crippen LogP contribution is -2.32. The van der Waals surface area contributed by atoms with Gasteiger partial charge in [0.15, 0.2) is 5.13 Å². The van der Waals surface area contributed by atoms with Crippen molar-refractivity contribution in [1.82, 2.24) is 9.88 Å². The molecule has 3 aromatic rings. The molecule has 1 N–H and O–H groups in total. The molecule has 4 nitrogen and oxygen atoms in total. The number of thiazole rings is 1. The molecule has 1 aliphatic rings. The first kappa shape index (κ1) is 18.5. The predicted octanol–water partition coefficient (Wildman–Crippen LogP) is 5.29. The highest BCUT2D eigenvalue weighted by atomic mass is 32.1. The minimum absolute atomic E-state index is 0.221. The molecule has 7 heteroatoms. The van der Waals surface area contributed by atoms with Crippen LogP contribution < -0.4 is 5.32 Å². The standard InChI is InChI=1S/C20H22FN3OS2/c1-12-6-8-24(9-7-12)10-14-11-26-20(22-14)23-19(25)18-13(2)17-15(21)4-3-5-16(17)27-18/h3-5,11-12H,6-10H2,1-2H3,(H,22,23,25). The number of hydrogen-bond donors (Lipinski definition) is 1. The second-order valence-electron chi connectivity index (χ2n) is 7.23. The Morgan fingerprint density at radius 3 is 2.89 bits per heavy atom. The molecule has 0 radical (unpaired) electrons. The van der Waals surface area contributed by atoms with Gasteiger partial charge in [-0.25, -0.2) is 9.37 Å². The van der Waals surface area contributed by atoms with Crippen molar-refractivity contribution in [3.05, 3.63) is 45.5 Å². The number of likely N-dealkylation sites (tertiary alicyclic amines) is 1. The number of aryl methyl sites for hydroxylation is 1. The number of nitrogens with zero attached hydrogens (tertiary/aromatic N) is 2. The molecule has 1 aliphatic heterocycles. The Morgan fingerprint density at radius 1 is 1.37 bits per heavy atom. The van der Waals surface area contributed by atoms with Gasteiger partial charge >= 0.3 is 0 Å². The lowest BCUT2D eigenvalue weighted by Gasteiger charge is -2.29. The highest BCUT2D eigenvalue weighted by Crippen LogP contribution is 2.33. The Bertz CT molecular complexity index is 973. The average Bonchev–Trinajstić information content (AvgIpc) is 3.22. The molecule has 0 unspecified atom stereocenters. The quantitative estimate of drug-likeness (QED) is 0.644. The van der Waals surface area contributed by atoms with Crippen LogP contribution in [0.1, 0.15) is 40.7 Å². The van der Waals surface area contributed by atoms with Crippen LogP contribution in [0.5, 0.6) is 0 Å². The van der Waals surface area contributed by atoms with Crippen molar-refractivity contribution in [2.75, 3.05) is 18.4 Å². The van der Waals surface area contributed by atoms with E-state index >= 15 is 0 Å². The van der Waals surface area contributed by atoms with E-state index in [-0.39, 0.29) is 11.7 Å². The van der Waals surface area contributed by atoms with Crippen molar-refractivity contribution in [2.24, 2.45) is 5.92 Å². The van der Waals surface area contributed by atoms with Gasteiger partial charge in [0.1, 0.15) is 5.82 Å². The maximum absolute atomic E-state index is 14.1. The smallest absolute Gasteiger partial charge is 0.267 e. The molecule has 27 heavy (non-hydrogen) atoms. The van der Waals surface area contributed by atoms with E-state index in [0.29, 0.717) is 21.0 Å². The SMILES string of the molecule is Cc1c(C(=O)Nc2nc(CN3CCC(C)CC3)cs2)sc2cccc(F)c12. The van der Waals surface area contributed by atoms with Crippen LogP contribution in [0, 0.1) is 18.7 Å². The average molecular weight is 404 g/mol. The zero-order chi connectivity index (χ0) is 19.0. The molecule has 0 spiro atoms. The minimum Gasteiger partial charge on any atom is -0.297 e. The van der Waals surface area contributed by atoms with Gasteiger partial charge in [-0.05, 0) is 56.5 Å². The van der Waals surface area contributed by atoms with Gasteiger partial charge in [-0.3, -0.25) is 15.0 Å². The van der Waals surface area contributed by atoms with Crippen LogP contribution in [-0.2, 0) is 6.54 Å². The van der Waals surface area contributed by atoms with Crippen molar-refractivity contribution in [3.63, 3.8) is 0 Å². The monoisotopic (exact) mass is 403 g/mol. The van der Waals surface area contributed by atoms with Crippen LogP contribution >= 0.6 is 22.7 Å². The number of aromatic nitrogens is 1. The summed E-state index contributed by atoms with van der Waals surface area (Å²) in [5, 5.41) is 6.02. The summed E-state index contributed by atoms with van der Waals surface area (Å²) >= 11 is 2.76. The van der Waals surface area contributed by atoms with Gasteiger partial charge in [0, 0.05) is 22.0 Å². The number of benzene rings is 1. The number of anilines is 1. The second kappa shape index (κ2) is 7.66. The summed E-state index contributed by atoms with van der Waals surface area (Å²) in [6.45, 7) is 7.13. The van der Waals surface area contributed by atoms with Crippen LogP contribution in [0.25, 0.3) is 10.1 Å². The number of fused-ring (bicyclic) bond motifs is 1. The summed E-state index contributed by atoms with van der Waals surface area (Å²) in [4.78, 5) is 20.2. The Kier molecular flexibility index (Phi) is 5.25. The van der Waals surface area contributed by atoms with E-state index in [0.717, 1.165) is 35.9 Å². The van der Waals surface area contributed by atoms with Crippen molar-refractivity contribution in [3.8, 4) is 0 Å². The number of carbonyl (C=O) groups excluding carboxylic acids is 1. The molecule has 1 aromatic carbocycles. The third kappa shape index (κ3) is 3.90. The van der Waals surface area contributed by atoms with Gasteiger partial charge in [0.2, 0.25) is 0 Å². The highest BCUT2D eigenvalue weighted by Gasteiger charge is 2.20. The van der Waals surface area contributed by atoms with E-state index in [1.54, 1.807) is 13.0 Å². The molecular weight excluding hydrogens is 381 g/mol. The summed E-state index contributed by atoms with van der Waals surface area (Å²) in [6, 6.07) is 4.94. The van der Waals surface area contributed by atoms with Crippen LogP contribution in [0.2, 0.25) is 0 Å². The molecule has 0 saturated carbocycles. The van der Waals surface area contributed by atoms with Crippen molar-refractivity contribution < 1.29 is 9.18 Å². The maximum atomic E-state index is 14.1. The molecule has 2 aromatic heterocycles. The maximum Gasteiger partial charge on any atom is 0.267 e. The highest BCUT2D eigenvalue weighted by molar-refractivity contribution is 7.21. The molecular formula is C20H22FN3OS2. The first-order chi connectivity index (χ1) is 13.0. The van der Waals surface area contributed by atoms with Gasteiger partial charge in [-0.1, -0.05) is 13.0 Å². The number of hydrogen-bond acceptors (Lipinski definition) is 5. The Hall–Kier alpha value is -1.83. The number of halogens is 1. The molecule has 0 aliphatic carbocycles. The fraction of sp³-hybridized carbons (Fsp3) is 0.400. The number of rotatable bonds is 4. The zero-order valence-corrected chi connectivity index (χ0v) is 17.1. The number of carbonyl (C=O) groups is 1. The molecule has 0 atom stereocenters. The van der Waals surface area contributed by atoms with E-state index < -0.39 is 0 Å². The van der Waals surface area contributed by atoms with Crippen molar-refractivity contribution >= 4 is 43.8 Å². The number of piperidine rings is 1. The summed E-state index contributed by atoms with van der Waals surface area (Å²) in [5.74, 6) is 0.300. The number of amides is 1. The number of nitrogens with one attached hydrogen (secondary N) is 1. The van der Waals surface area contributed by atoms with E-state index in [1.807, 2.05) is 11.4 Å². The van der Waals surface area contributed by atoms with E-state index in [9.17, 15) is 9.18 Å². The topological polar surface area (TPSA) is 45.2 Å². The molecule has 1 saturated heterocycles.